The van der Waals surface area contributed by atoms with E-state index in [0.717, 1.165) is 4.88 Å². The van der Waals surface area contributed by atoms with Gasteiger partial charge in [-0.2, -0.15) is 0 Å². The molecular formula is C16H20N2O2S. The molecule has 1 amide bonds. The van der Waals surface area contributed by atoms with Gasteiger partial charge in [0.1, 0.15) is 5.75 Å². The van der Waals surface area contributed by atoms with Crippen molar-refractivity contribution in [1.29, 1.82) is 0 Å². The van der Waals surface area contributed by atoms with Gasteiger partial charge in [0, 0.05) is 16.6 Å². The number of hydrogen-bond acceptors (Lipinski definition) is 4. The van der Waals surface area contributed by atoms with Crippen LogP contribution in [0.3, 0.4) is 0 Å². The first-order valence-corrected chi connectivity index (χ1v) is 7.67. The van der Waals surface area contributed by atoms with Gasteiger partial charge in [-0.25, -0.2) is 0 Å². The Hall–Kier alpha value is -2.01. The number of benzene rings is 1. The molecule has 0 radical (unpaired) electrons. The number of thiophene rings is 1. The second-order valence-corrected chi connectivity index (χ2v) is 6.10. The van der Waals surface area contributed by atoms with Gasteiger partial charge >= 0.3 is 0 Å². The van der Waals surface area contributed by atoms with Crippen LogP contribution in [0.5, 0.6) is 5.75 Å². The van der Waals surface area contributed by atoms with Crippen LogP contribution in [0.15, 0.2) is 35.7 Å². The number of ether oxygens (including phenoxy) is 1. The Labute approximate surface area is 129 Å². The first-order chi connectivity index (χ1) is 10.0. The molecule has 1 aromatic carbocycles. The molecule has 0 saturated carbocycles. The minimum absolute atomic E-state index is 0.0671. The Bertz CT molecular complexity index is 609. The lowest BCUT2D eigenvalue weighted by atomic mass is 10.1. The van der Waals surface area contributed by atoms with E-state index in [4.69, 9.17) is 10.5 Å². The molecule has 0 aliphatic carbocycles. The number of hydrogen-bond donors (Lipinski definition) is 1. The Morgan fingerprint density at radius 1 is 1.38 bits per heavy atom. The van der Waals surface area contributed by atoms with Gasteiger partial charge in [0.2, 0.25) is 0 Å². The Balaban J connectivity index is 2.32. The highest BCUT2D eigenvalue weighted by Crippen LogP contribution is 2.25. The smallest absolute Gasteiger partial charge is 0.258 e. The fourth-order valence-corrected chi connectivity index (χ4v) is 2.81. The predicted molar refractivity (Wildman–Crippen MR) is 86.7 cm³/mol. The van der Waals surface area contributed by atoms with Crippen molar-refractivity contribution in [2.45, 2.75) is 26.4 Å². The van der Waals surface area contributed by atoms with Gasteiger partial charge in [-0.1, -0.05) is 6.07 Å². The molecule has 0 bridgehead atoms. The SMILES string of the molecule is COc1ccc(N)cc1C(=O)N(Cc1cccs1)C(C)C. The summed E-state index contributed by atoms with van der Waals surface area (Å²) in [5, 5.41) is 2.01. The van der Waals surface area contributed by atoms with Crippen LogP contribution < -0.4 is 10.5 Å². The van der Waals surface area contributed by atoms with E-state index in [1.807, 2.05) is 36.3 Å². The summed E-state index contributed by atoms with van der Waals surface area (Å²) in [6.45, 7) is 4.60. The maximum Gasteiger partial charge on any atom is 0.258 e. The minimum atomic E-state index is -0.0671. The molecule has 0 unspecified atom stereocenters. The second kappa shape index (κ2) is 6.63. The molecule has 0 atom stereocenters. The third-order valence-electron chi connectivity index (χ3n) is 3.24. The van der Waals surface area contributed by atoms with Crippen LogP contribution in [-0.4, -0.2) is 24.0 Å². The molecule has 2 N–H and O–H groups in total. The first kappa shape index (κ1) is 15.4. The summed E-state index contributed by atoms with van der Waals surface area (Å²) in [6, 6.07) is 9.24. The summed E-state index contributed by atoms with van der Waals surface area (Å²) in [6.07, 6.45) is 0. The predicted octanol–water partition coefficient (Wildman–Crippen LogP) is 3.39. The van der Waals surface area contributed by atoms with E-state index >= 15 is 0 Å². The third kappa shape index (κ3) is 3.55. The van der Waals surface area contributed by atoms with E-state index < -0.39 is 0 Å². The molecule has 4 nitrogen and oxygen atoms in total. The second-order valence-electron chi connectivity index (χ2n) is 5.07. The van der Waals surface area contributed by atoms with Crippen LogP contribution in [0.4, 0.5) is 5.69 Å². The van der Waals surface area contributed by atoms with Crippen molar-refractivity contribution in [2.75, 3.05) is 12.8 Å². The van der Waals surface area contributed by atoms with Crippen LogP contribution in [0.1, 0.15) is 29.1 Å². The molecular weight excluding hydrogens is 284 g/mol. The molecule has 0 aliphatic heterocycles. The number of nitrogens with two attached hydrogens (primary N) is 1. The maximum absolute atomic E-state index is 12.8. The lowest BCUT2D eigenvalue weighted by Gasteiger charge is -2.27. The molecule has 0 aliphatic rings. The summed E-state index contributed by atoms with van der Waals surface area (Å²) in [5.41, 5.74) is 6.87. The normalized spacial score (nSPS) is 10.7. The summed E-state index contributed by atoms with van der Waals surface area (Å²) < 4.78 is 5.29. The van der Waals surface area contributed by atoms with Gasteiger partial charge in [0.15, 0.2) is 0 Å². The molecule has 21 heavy (non-hydrogen) atoms. The number of anilines is 1. The number of methoxy groups -OCH3 is 1. The minimum Gasteiger partial charge on any atom is -0.496 e. The van der Waals surface area contributed by atoms with Crippen LogP contribution in [0.2, 0.25) is 0 Å². The van der Waals surface area contributed by atoms with Crippen molar-refractivity contribution >= 4 is 22.9 Å². The quantitative estimate of drug-likeness (QED) is 0.861. The average molecular weight is 304 g/mol. The van der Waals surface area contributed by atoms with E-state index in [1.165, 1.54) is 0 Å². The van der Waals surface area contributed by atoms with E-state index in [0.29, 0.717) is 23.5 Å². The summed E-state index contributed by atoms with van der Waals surface area (Å²) in [4.78, 5) is 15.8. The Kier molecular flexibility index (Phi) is 4.85. The molecule has 1 heterocycles. The van der Waals surface area contributed by atoms with Gasteiger partial charge in [0.25, 0.3) is 5.91 Å². The van der Waals surface area contributed by atoms with Gasteiger partial charge in [-0.15, -0.1) is 11.3 Å². The van der Waals surface area contributed by atoms with E-state index in [2.05, 4.69) is 0 Å². The van der Waals surface area contributed by atoms with Crippen molar-refractivity contribution in [3.05, 3.63) is 46.2 Å². The Morgan fingerprint density at radius 2 is 2.14 bits per heavy atom. The van der Waals surface area contributed by atoms with Crippen molar-refractivity contribution < 1.29 is 9.53 Å². The van der Waals surface area contributed by atoms with Crippen molar-refractivity contribution in [1.82, 2.24) is 4.90 Å². The highest BCUT2D eigenvalue weighted by atomic mass is 32.1. The number of nitrogen functional groups attached to an aromatic ring is 1. The van der Waals surface area contributed by atoms with Crippen LogP contribution >= 0.6 is 11.3 Å². The summed E-state index contributed by atoms with van der Waals surface area (Å²) in [7, 11) is 1.56. The zero-order valence-corrected chi connectivity index (χ0v) is 13.3. The Morgan fingerprint density at radius 3 is 2.71 bits per heavy atom. The highest BCUT2D eigenvalue weighted by molar-refractivity contribution is 7.09. The molecule has 0 spiro atoms. The fourth-order valence-electron chi connectivity index (χ4n) is 2.11. The van der Waals surface area contributed by atoms with E-state index in [-0.39, 0.29) is 11.9 Å². The molecule has 1 aromatic heterocycles. The number of carbonyl (C=O) groups excluding carboxylic acids is 1. The highest BCUT2D eigenvalue weighted by Gasteiger charge is 2.22. The number of carbonyl (C=O) groups is 1. The van der Waals surface area contributed by atoms with Crippen LogP contribution in [-0.2, 0) is 6.54 Å². The third-order valence-corrected chi connectivity index (χ3v) is 4.11. The topological polar surface area (TPSA) is 55.6 Å². The zero-order chi connectivity index (χ0) is 15.4. The molecule has 112 valence electrons. The fraction of sp³-hybridized carbons (Fsp3) is 0.312. The molecule has 0 saturated heterocycles. The largest absolute Gasteiger partial charge is 0.496 e. The lowest BCUT2D eigenvalue weighted by molar-refractivity contribution is 0.0689. The van der Waals surface area contributed by atoms with Gasteiger partial charge in [-0.05, 0) is 43.5 Å². The summed E-state index contributed by atoms with van der Waals surface area (Å²) in [5.74, 6) is 0.480. The zero-order valence-electron chi connectivity index (χ0n) is 12.5. The van der Waals surface area contributed by atoms with E-state index in [9.17, 15) is 4.79 Å². The molecule has 5 heteroatoms. The molecule has 2 aromatic rings. The number of nitrogens with zero attached hydrogens (tertiary/aromatic N) is 1. The standard InChI is InChI=1S/C16H20N2O2S/c1-11(2)18(10-13-5-4-8-21-13)16(19)14-9-12(17)6-7-15(14)20-3/h4-9,11H,10,17H2,1-3H3. The van der Waals surface area contributed by atoms with E-state index in [1.54, 1.807) is 36.6 Å². The maximum atomic E-state index is 12.8. The average Bonchev–Trinajstić information content (AvgIpc) is 2.96. The van der Waals surface area contributed by atoms with Crippen LogP contribution in [0, 0.1) is 0 Å². The summed E-state index contributed by atoms with van der Waals surface area (Å²) >= 11 is 1.64. The van der Waals surface area contributed by atoms with Gasteiger partial charge < -0.3 is 15.4 Å². The van der Waals surface area contributed by atoms with Crippen LogP contribution in [0.25, 0.3) is 0 Å². The van der Waals surface area contributed by atoms with Crippen molar-refractivity contribution in [2.24, 2.45) is 0 Å². The molecule has 0 fully saturated rings. The number of amides is 1. The number of rotatable bonds is 5. The van der Waals surface area contributed by atoms with Gasteiger partial charge in [-0.3, -0.25) is 4.79 Å². The van der Waals surface area contributed by atoms with Crippen molar-refractivity contribution in [3.63, 3.8) is 0 Å². The lowest BCUT2D eigenvalue weighted by Crippen LogP contribution is -2.36. The molecule has 2 rings (SSSR count). The van der Waals surface area contributed by atoms with Crippen molar-refractivity contribution in [3.8, 4) is 5.75 Å². The monoisotopic (exact) mass is 304 g/mol. The van der Waals surface area contributed by atoms with Gasteiger partial charge in [0.05, 0.1) is 19.2 Å². The first-order valence-electron chi connectivity index (χ1n) is 6.79.